The maximum absolute atomic E-state index is 12.3. The Kier molecular flexibility index (Phi) is 3.42. The van der Waals surface area contributed by atoms with Crippen molar-refractivity contribution in [2.24, 2.45) is 5.73 Å². The fourth-order valence-corrected chi connectivity index (χ4v) is 3.70. The Balaban J connectivity index is 2.15. The number of carbonyl (C=O) groups excluding carboxylic acids is 1. The summed E-state index contributed by atoms with van der Waals surface area (Å²) in [6.07, 6.45) is 1.62. The third kappa shape index (κ3) is 2.16. The van der Waals surface area contributed by atoms with Crippen molar-refractivity contribution in [2.75, 3.05) is 0 Å². The van der Waals surface area contributed by atoms with E-state index in [4.69, 9.17) is 10.5 Å². The Labute approximate surface area is 129 Å². The number of rotatable bonds is 2. The average Bonchev–Trinajstić information content (AvgIpc) is 2.95. The van der Waals surface area contributed by atoms with E-state index >= 15 is 0 Å². The molecule has 112 valence electrons. The summed E-state index contributed by atoms with van der Waals surface area (Å²) in [5, 5.41) is 21.6. The molecule has 22 heavy (non-hydrogen) atoms. The molecule has 0 radical (unpaired) electrons. The summed E-state index contributed by atoms with van der Waals surface area (Å²) in [4.78, 5) is 23.2. The van der Waals surface area contributed by atoms with Crippen molar-refractivity contribution in [2.45, 2.75) is 25.2 Å². The molecule has 0 spiro atoms. The van der Waals surface area contributed by atoms with Crippen LogP contribution < -0.4 is 5.73 Å². The number of nitrogens with zero attached hydrogens (tertiary/aromatic N) is 2. The van der Waals surface area contributed by atoms with Crippen LogP contribution in [0.5, 0.6) is 0 Å². The smallest absolute Gasteiger partial charge is 0.280 e. The second-order valence-corrected chi connectivity index (χ2v) is 5.95. The van der Waals surface area contributed by atoms with E-state index in [0.29, 0.717) is 35.5 Å². The third-order valence-corrected chi connectivity index (χ3v) is 4.69. The molecule has 0 amide bonds. The van der Waals surface area contributed by atoms with Gasteiger partial charge in [0.15, 0.2) is 5.78 Å². The van der Waals surface area contributed by atoms with Crippen LogP contribution in [0.3, 0.4) is 0 Å². The largest absolute Gasteiger partial charge is 0.444 e. The highest BCUT2D eigenvalue weighted by Crippen LogP contribution is 2.45. The van der Waals surface area contributed by atoms with Gasteiger partial charge in [-0.2, -0.15) is 5.26 Å². The first kappa shape index (κ1) is 14.3. The molecule has 0 saturated carbocycles. The zero-order valence-corrected chi connectivity index (χ0v) is 12.2. The molecule has 1 atom stereocenters. The number of allylic oxidation sites excluding steroid dienone is 3. The molecule has 1 aliphatic carbocycles. The standard InChI is InChI=1S/C14H11N3O4S/c15-5-8-12(11-4-7(6-22-11)17(19)20)13-9(18)2-1-3-10(13)21-14(8)16/h4,6,12H,1-3,16H2/t12-/m0/s1. The highest BCUT2D eigenvalue weighted by Gasteiger charge is 2.39. The molecule has 1 aromatic heterocycles. The molecule has 7 nitrogen and oxygen atoms in total. The minimum atomic E-state index is -0.666. The molecule has 0 unspecified atom stereocenters. The summed E-state index contributed by atoms with van der Waals surface area (Å²) >= 11 is 1.14. The quantitative estimate of drug-likeness (QED) is 0.661. The van der Waals surface area contributed by atoms with Crippen LogP contribution in [0, 0.1) is 21.4 Å². The van der Waals surface area contributed by atoms with E-state index in [0.717, 1.165) is 11.3 Å². The number of Topliss-reactive ketones (excluding diaryl/α,β-unsaturated/α-hetero) is 1. The van der Waals surface area contributed by atoms with Crippen LogP contribution in [0.2, 0.25) is 0 Å². The van der Waals surface area contributed by atoms with Crippen molar-refractivity contribution in [1.82, 2.24) is 0 Å². The topological polar surface area (TPSA) is 119 Å². The molecule has 1 aliphatic heterocycles. The number of hydrogen-bond acceptors (Lipinski definition) is 7. The van der Waals surface area contributed by atoms with Crippen LogP contribution in [0.15, 0.2) is 34.2 Å². The van der Waals surface area contributed by atoms with Crippen molar-refractivity contribution in [3.63, 3.8) is 0 Å². The lowest BCUT2D eigenvalue weighted by Crippen LogP contribution is -2.26. The first-order valence-electron chi connectivity index (χ1n) is 6.59. The molecule has 3 rings (SSSR count). The Bertz CT molecular complexity index is 784. The summed E-state index contributed by atoms with van der Waals surface area (Å²) in [5.41, 5.74) is 6.28. The number of thiophene rings is 1. The third-order valence-electron chi connectivity index (χ3n) is 3.71. The van der Waals surface area contributed by atoms with Crippen LogP contribution >= 0.6 is 11.3 Å². The van der Waals surface area contributed by atoms with Crippen molar-refractivity contribution >= 4 is 22.8 Å². The van der Waals surface area contributed by atoms with Crippen molar-refractivity contribution in [3.8, 4) is 6.07 Å². The molecule has 1 aromatic rings. The van der Waals surface area contributed by atoms with Crippen LogP contribution in [-0.2, 0) is 9.53 Å². The van der Waals surface area contributed by atoms with Crippen LogP contribution in [-0.4, -0.2) is 10.7 Å². The second kappa shape index (κ2) is 5.27. The van der Waals surface area contributed by atoms with E-state index < -0.39 is 10.8 Å². The van der Waals surface area contributed by atoms with Gasteiger partial charge in [-0.25, -0.2) is 0 Å². The van der Waals surface area contributed by atoms with Gasteiger partial charge in [0.1, 0.15) is 17.4 Å². The van der Waals surface area contributed by atoms with Gasteiger partial charge in [-0.1, -0.05) is 0 Å². The summed E-state index contributed by atoms with van der Waals surface area (Å²) in [5.74, 6) is -0.311. The SMILES string of the molecule is N#CC1=C(N)OC2=C(C(=O)CCC2)[C@@H]1c1cc([N+](=O)[O-])cs1. The van der Waals surface area contributed by atoms with E-state index in [1.807, 2.05) is 6.07 Å². The van der Waals surface area contributed by atoms with Gasteiger partial charge in [0.25, 0.3) is 5.69 Å². The first-order chi connectivity index (χ1) is 10.5. The zero-order chi connectivity index (χ0) is 15.9. The van der Waals surface area contributed by atoms with Crippen LogP contribution in [0.4, 0.5) is 5.69 Å². The van der Waals surface area contributed by atoms with Gasteiger partial charge in [-0.3, -0.25) is 14.9 Å². The molecule has 2 N–H and O–H groups in total. The monoisotopic (exact) mass is 317 g/mol. The van der Waals surface area contributed by atoms with Crippen LogP contribution in [0.1, 0.15) is 30.1 Å². The predicted molar refractivity (Wildman–Crippen MR) is 77.5 cm³/mol. The molecule has 0 aromatic carbocycles. The lowest BCUT2D eigenvalue weighted by Gasteiger charge is -2.30. The summed E-state index contributed by atoms with van der Waals surface area (Å²) in [6, 6.07) is 3.36. The lowest BCUT2D eigenvalue weighted by atomic mass is 9.80. The van der Waals surface area contributed by atoms with Crippen molar-refractivity contribution in [1.29, 1.82) is 5.26 Å². The molecule has 0 fully saturated rings. The maximum atomic E-state index is 12.3. The highest BCUT2D eigenvalue weighted by molar-refractivity contribution is 7.10. The first-order valence-corrected chi connectivity index (χ1v) is 7.47. The van der Waals surface area contributed by atoms with E-state index in [2.05, 4.69) is 0 Å². The fraction of sp³-hybridized carbons (Fsp3) is 0.286. The molecule has 2 heterocycles. The predicted octanol–water partition coefficient (Wildman–Crippen LogP) is 2.47. The van der Waals surface area contributed by atoms with Crippen molar-refractivity contribution in [3.05, 3.63) is 49.2 Å². The Morgan fingerprint density at radius 1 is 1.50 bits per heavy atom. The Morgan fingerprint density at radius 3 is 2.91 bits per heavy atom. The van der Waals surface area contributed by atoms with Gasteiger partial charge in [-0.05, 0) is 6.42 Å². The fourth-order valence-electron chi connectivity index (χ4n) is 2.73. The van der Waals surface area contributed by atoms with Gasteiger partial charge in [0.2, 0.25) is 5.88 Å². The lowest BCUT2D eigenvalue weighted by molar-refractivity contribution is -0.384. The van der Waals surface area contributed by atoms with Gasteiger partial charge in [0, 0.05) is 29.4 Å². The maximum Gasteiger partial charge on any atom is 0.280 e. The van der Waals surface area contributed by atoms with Gasteiger partial charge >= 0.3 is 0 Å². The molecule has 0 bridgehead atoms. The number of nitrogens with two attached hydrogens (primary N) is 1. The van der Waals surface area contributed by atoms with E-state index in [1.54, 1.807) is 0 Å². The summed E-state index contributed by atoms with van der Waals surface area (Å²) < 4.78 is 5.43. The van der Waals surface area contributed by atoms with Crippen LogP contribution in [0.25, 0.3) is 0 Å². The minimum absolute atomic E-state index is 0.0306. The number of ether oxygens (including phenoxy) is 1. The Hall–Kier alpha value is -2.66. The highest BCUT2D eigenvalue weighted by atomic mass is 32.1. The van der Waals surface area contributed by atoms with E-state index in [-0.39, 0.29) is 22.9 Å². The summed E-state index contributed by atoms with van der Waals surface area (Å²) in [6.45, 7) is 0. The molecular formula is C14H11N3O4S. The minimum Gasteiger partial charge on any atom is -0.444 e. The Morgan fingerprint density at radius 2 is 2.27 bits per heavy atom. The van der Waals surface area contributed by atoms with E-state index in [9.17, 15) is 20.2 Å². The molecule has 8 heteroatoms. The number of nitriles is 1. The van der Waals surface area contributed by atoms with E-state index in [1.165, 1.54) is 11.4 Å². The van der Waals surface area contributed by atoms with Crippen molar-refractivity contribution < 1.29 is 14.5 Å². The van der Waals surface area contributed by atoms with Gasteiger partial charge in [-0.15, -0.1) is 11.3 Å². The van der Waals surface area contributed by atoms with Gasteiger partial charge in [0.05, 0.1) is 16.2 Å². The second-order valence-electron chi connectivity index (χ2n) is 5.00. The number of nitro groups is 1. The number of ketones is 1. The molecule has 0 saturated heterocycles. The molecule has 2 aliphatic rings. The number of hydrogen-bond donors (Lipinski definition) is 1. The van der Waals surface area contributed by atoms with Gasteiger partial charge < -0.3 is 10.5 Å². The zero-order valence-electron chi connectivity index (χ0n) is 11.4. The molecular weight excluding hydrogens is 306 g/mol. The average molecular weight is 317 g/mol. The summed E-state index contributed by atoms with van der Waals surface area (Å²) in [7, 11) is 0. The number of carbonyl (C=O) groups is 1. The normalized spacial score (nSPS) is 21.2.